The van der Waals surface area contributed by atoms with E-state index in [9.17, 15) is 29.1 Å². The van der Waals surface area contributed by atoms with Gasteiger partial charge in [0.05, 0.1) is 70.3 Å². The summed E-state index contributed by atoms with van der Waals surface area (Å²) < 4.78 is 25.3. The van der Waals surface area contributed by atoms with Crippen LogP contribution < -0.4 is 15.6 Å². The van der Waals surface area contributed by atoms with Crippen molar-refractivity contribution in [2.24, 2.45) is 32.7 Å². The molecule has 0 spiro atoms. The molecule has 3 saturated heterocycles. The molecule has 1 unspecified atom stereocenters. The number of fused-ring (bicyclic) bond motifs is 10. The molecular formula is C68H72N8O10. The zero-order valence-corrected chi connectivity index (χ0v) is 50.2. The maximum atomic E-state index is 14.8. The van der Waals surface area contributed by atoms with Crippen molar-refractivity contribution in [3.05, 3.63) is 161 Å². The number of ether oxygens (including phenoxy) is 4. The lowest BCUT2D eigenvalue weighted by Gasteiger charge is -2.39. The molecule has 86 heavy (non-hydrogen) atoms. The van der Waals surface area contributed by atoms with Gasteiger partial charge >= 0.3 is 24.0 Å². The predicted octanol–water partition coefficient (Wildman–Crippen LogP) is 10.7. The molecule has 4 atom stereocenters. The van der Waals surface area contributed by atoms with E-state index in [4.69, 9.17) is 38.9 Å². The summed E-state index contributed by atoms with van der Waals surface area (Å²) in [5, 5.41) is 16.6. The quantitative estimate of drug-likeness (QED) is 0.106. The van der Waals surface area contributed by atoms with E-state index in [0.29, 0.717) is 94.2 Å². The Morgan fingerprint density at radius 3 is 2.38 bits per heavy atom. The lowest BCUT2D eigenvalue weighted by atomic mass is 9.84. The average molecular weight is 1160 g/mol. The minimum Gasteiger partial charge on any atom is -0.510 e. The highest BCUT2D eigenvalue weighted by atomic mass is 16.6. The number of methoxy groups -OCH3 is 1. The summed E-state index contributed by atoms with van der Waals surface area (Å²) in [4.78, 5) is 96.5. The minimum atomic E-state index is -1.98. The van der Waals surface area contributed by atoms with E-state index < -0.39 is 35.3 Å². The Hall–Kier alpha value is -8.51. The number of aliphatic hydroxyl groups is 1. The first-order valence-electron chi connectivity index (χ1n) is 30.5. The zero-order valence-electron chi connectivity index (χ0n) is 50.2. The summed E-state index contributed by atoms with van der Waals surface area (Å²) in [5.41, 5.74) is 12.2. The molecule has 2 aromatic heterocycles. The number of rotatable bonds is 11. The second kappa shape index (κ2) is 21.8. The van der Waals surface area contributed by atoms with Crippen LogP contribution in [0.2, 0.25) is 0 Å². The number of piperidine rings is 2. The van der Waals surface area contributed by atoms with Crippen LogP contribution in [0, 0.1) is 17.8 Å². The van der Waals surface area contributed by atoms with E-state index >= 15 is 0 Å². The topological polar surface area (TPSA) is 216 Å². The minimum absolute atomic E-state index is 0.0356. The second-order valence-corrected chi connectivity index (χ2v) is 24.1. The van der Waals surface area contributed by atoms with Gasteiger partial charge in [-0.1, -0.05) is 46.8 Å². The third-order valence-corrected chi connectivity index (χ3v) is 19.7. The van der Waals surface area contributed by atoms with Crippen molar-refractivity contribution in [1.82, 2.24) is 24.7 Å². The number of likely N-dealkylation sites (tertiary alicyclic amines) is 2. The van der Waals surface area contributed by atoms with Gasteiger partial charge in [-0.25, -0.2) is 29.6 Å². The molecule has 3 fully saturated rings. The zero-order chi connectivity index (χ0) is 60.2. The highest BCUT2D eigenvalue weighted by Crippen LogP contribution is 2.50. The van der Waals surface area contributed by atoms with Crippen molar-refractivity contribution in [3.8, 4) is 17.1 Å². The van der Waals surface area contributed by atoms with Gasteiger partial charge in [0, 0.05) is 82.0 Å². The summed E-state index contributed by atoms with van der Waals surface area (Å²) in [6, 6.07) is 7.69. The van der Waals surface area contributed by atoms with E-state index in [1.807, 2.05) is 58.1 Å². The molecule has 9 aliphatic heterocycles. The fourth-order valence-electron chi connectivity index (χ4n) is 14.9. The Morgan fingerprint density at radius 2 is 1.66 bits per heavy atom. The number of hydrogen-bond acceptors (Lipinski definition) is 16. The average Bonchev–Trinajstić information content (AvgIpc) is 2.19. The Kier molecular flexibility index (Phi) is 14.3. The van der Waals surface area contributed by atoms with Gasteiger partial charge in [-0.2, -0.15) is 0 Å². The number of benzene rings is 1. The van der Waals surface area contributed by atoms with Crippen molar-refractivity contribution >= 4 is 52.0 Å². The number of esters is 3. The first kappa shape index (κ1) is 56.6. The second-order valence-electron chi connectivity index (χ2n) is 24.1. The molecule has 18 nitrogen and oxygen atoms in total. The molecule has 11 heterocycles. The molecule has 0 radical (unpaired) electrons. The molecule has 1 amide bonds. The van der Waals surface area contributed by atoms with E-state index in [2.05, 4.69) is 30.6 Å². The van der Waals surface area contributed by atoms with Gasteiger partial charge in [0.15, 0.2) is 0 Å². The number of hydrogen-bond donors (Lipinski definition) is 2. The van der Waals surface area contributed by atoms with Crippen molar-refractivity contribution < 1.29 is 43.2 Å². The maximum Gasteiger partial charge on any atom is 0.415 e. The summed E-state index contributed by atoms with van der Waals surface area (Å²) in [6.45, 7) is 21.4. The molecule has 8 bridgehead atoms. The molecular weight excluding hydrogens is 1090 g/mol. The summed E-state index contributed by atoms with van der Waals surface area (Å²) in [5.74, 6) is -4.00. The van der Waals surface area contributed by atoms with Crippen LogP contribution >= 0.6 is 0 Å². The lowest BCUT2D eigenvalue weighted by Crippen LogP contribution is -2.48. The van der Waals surface area contributed by atoms with Crippen LogP contribution in [0.5, 0.6) is 5.75 Å². The number of nitrogens with one attached hydrogen (secondary N) is 1. The molecule has 1 aromatic carbocycles. The number of carbonyl (C=O) groups excluding carboxylic acids is 4. The van der Waals surface area contributed by atoms with Gasteiger partial charge in [-0.15, -0.1) is 0 Å². The van der Waals surface area contributed by atoms with E-state index in [1.165, 1.54) is 26.4 Å². The molecule has 0 saturated carbocycles. The van der Waals surface area contributed by atoms with Gasteiger partial charge in [0.2, 0.25) is 5.60 Å². The molecule has 3 aromatic rings. The first-order chi connectivity index (χ1) is 41.5. The number of nitrogens with zero attached hydrogens (tertiary/aromatic N) is 7. The highest BCUT2D eigenvalue weighted by molar-refractivity contribution is 6.24. The smallest absolute Gasteiger partial charge is 0.415 e. The Labute approximate surface area is 499 Å². The Bertz CT molecular complexity index is 4030. The van der Waals surface area contributed by atoms with Crippen LogP contribution in [0.1, 0.15) is 129 Å². The summed E-state index contributed by atoms with van der Waals surface area (Å²) in [6.07, 6.45) is 14.1. The number of allylic oxidation sites excluding steroid dienone is 11. The van der Waals surface area contributed by atoms with Crippen LogP contribution in [0.3, 0.4) is 0 Å². The molecule has 444 valence electrons. The third-order valence-electron chi connectivity index (χ3n) is 19.7. The van der Waals surface area contributed by atoms with Crippen molar-refractivity contribution in [1.29, 1.82) is 0 Å². The molecule has 18 heteroatoms. The first-order valence-corrected chi connectivity index (χ1v) is 30.5. The Morgan fingerprint density at radius 1 is 0.907 bits per heavy atom. The standard InChI is InChI=1S/C68H72N8O10/c1-10-40-34(5)49-29-51-36(7)43(61(72-51)58-59(65(80)83-9)63(78)57-37(8)52(73-62(57)58)31-54-41(11-2)35(6)50(70-54)30-53(40)69-49)18-20-56(77)86-68(13-4)47-28-55-60-45(32-76(55)64(79)46(47)33-84-66(68)81)42(12-3)44-27-39(17-19-48(44)71-60)85-67(82)75-25-21-38(22-26-75)74-23-15-14-16-24-74/h10,17,19,27-31,36,38,43,59,72,78H,1,11-16,18,20-26,32-33H2,2-9H3/t36-,43-,59?,68-/m0/s1. The SMILES string of the molecule is C=CC1=C(C)C2=NC1=CC1=NC(=CC3=C(C)C4=C(O)C(C(=O)OC)C(=C5NC(=C2)[C@@H](C)[C@@H]5CCC(=O)O[C@]2(CC)C(=O)OCc5c2cc2n(c5=O)Cc5c-2nc2ccc(OC(=O)N6CCC(N7CCCCC7)CC6)cc2c5CC)C4=N3)C(CC)=C1C. The number of amides is 1. The Balaban J connectivity index is 0.814. The van der Waals surface area contributed by atoms with Crippen molar-refractivity contribution in [2.75, 3.05) is 33.3 Å². The van der Waals surface area contributed by atoms with E-state index in [-0.39, 0.29) is 66.9 Å². The predicted molar refractivity (Wildman–Crippen MR) is 326 cm³/mol. The molecule has 2 N–H and O–H groups in total. The van der Waals surface area contributed by atoms with Crippen molar-refractivity contribution in [2.45, 2.75) is 137 Å². The number of cyclic esters (lactones) is 1. The number of aryl methyl sites for hydroxylation is 1. The van der Waals surface area contributed by atoms with Crippen molar-refractivity contribution in [3.63, 3.8) is 0 Å². The van der Waals surface area contributed by atoms with Gasteiger partial charge in [-0.3, -0.25) is 14.4 Å². The van der Waals surface area contributed by atoms with Crippen LogP contribution in [-0.2, 0) is 53.8 Å². The lowest BCUT2D eigenvalue weighted by molar-refractivity contribution is -0.189. The fourth-order valence-corrected chi connectivity index (χ4v) is 14.9. The summed E-state index contributed by atoms with van der Waals surface area (Å²) >= 11 is 0. The number of carbonyl (C=O) groups is 4. The molecule has 13 rings (SSSR count). The summed E-state index contributed by atoms with van der Waals surface area (Å²) in [7, 11) is 1.28. The number of aromatic nitrogens is 2. The van der Waals surface area contributed by atoms with E-state index in [0.717, 1.165) is 87.5 Å². The van der Waals surface area contributed by atoms with Gasteiger partial charge < -0.3 is 43.7 Å². The van der Waals surface area contributed by atoms with Gasteiger partial charge in [0.25, 0.3) is 5.56 Å². The highest BCUT2D eigenvalue weighted by Gasteiger charge is 2.52. The number of pyridine rings is 2. The van der Waals surface area contributed by atoms with Crippen LogP contribution in [0.15, 0.2) is 148 Å². The van der Waals surface area contributed by atoms with Crippen LogP contribution in [-0.4, -0.2) is 105 Å². The maximum absolute atomic E-state index is 14.8. The number of aliphatic hydroxyl groups excluding tert-OH is 1. The largest absolute Gasteiger partial charge is 0.510 e. The van der Waals surface area contributed by atoms with Crippen LogP contribution in [0.4, 0.5) is 4.79 Å². The normalized spacial score (nSPS) is 24.3. The molecule has 10 aliphatic rings. The van der Waals surface area contributed by atoms with Gasteiger partial charge in [0.1, 0.15) is 24.0 Å². The number of aliphatic imine (C=N–C) groups is 3. The van der Waals surface area contributed by atoms with Gasteiger partial charge in [-0.05, 0) is 156 Å². The molecule has 1 aliphatic carbocycles. The van der Waals surface area contributed by atoms with Crippen LogP contribution in [0.25, 0.3) is 22.3 Å². The fraction of sp³-hybridized carbons (Fsp3) is 0.426. The van der Waals surface area contributed by atoms with E-state index in [1.54, 1.807) is 34.6 Å². The third kappa shape index (κ3) is 8.94. The monoisotopic (exact) mass is 1160 g/mol.